The van der Waals surface area contributed by atoms with E-state index in [-0.39, 0.29) is 0 Å². The van der Waals surface area contributed by atoms with E-state index in [9.17, 15) is 26.3 Å². The molecule has 1 N–H and O–H groups in total. The summed E-state index contributed by atoms with van der Waals surface area (Å²) in [5.74, 6) is -2.94. The lowest BCUT2D eigenvalue weighted by molar-refractivity contribution is 0.443. The first-order valence-corrected chi connectivity index (χ1v) is 8.52. The molecule has 0 aliphatic rings. The minimum Gasteiger partial charge on any atom is -0.506 e. The van der Waals surface area contributed by atoms with Gasteiger partial charge >= 0.3 is 0 Å². The molecular formula is C8H8ClFO5S2. The second-order valence-corrected chi connectivity index (χ2v) is 8.07. The fraction of sp³-hybridized carbons (Fsp3) is 0.250. The molecule has 96 valence electrons. The molecule has 5 nitrogen and oxygen atoms in total. The van der Waals surface area contributed by atoms with Crippen molar-refractivity contribution in [1.82, 2.24) is 0 Å². The van der Waals surface area contributed by atoms with Gasteiger partial charge in [0, 0.05) is 22.5 Å². The van der Waals surface area contributed by atoms with Crippen LogP contribution in [0.2, 0.25) is 0 Å². The van der Waals surface area contributed by atoms with Crippen LogP contribution in [0.25, 0.3) is 0 Å². The molecule has 9 heteroatoms. The number of halogens is 2. The maximum atomic E-state index is 13.7. The Labute approximate surface area is 102 Å². The summed E-state index contributed by atoms with van der Waals surface area (Å²) in [5, 5.41) is 9.25. The molecule has 0 fully saturated rings. The van der Waals surface area contributed by atoms with Crippen molar-refractivity contribution in [3.05, 3.63) is 23.5 Å². The molecule has 17 heavy (non-hydrogen) atoms. The molecule has 0 spiro atoms. The summed E-state index contributed by atoms with van der Waals surface area (Å²) in [7, 11) is -3.08. The van der Waals surface area contributed by atoms with E-state index in [1.807, 2.05) is 0 Å². The Kier molecular flexibility index (Phi) is 3.70. The van der Waals surface area contributed by atoms with Gasteiger partial charge in [0.05, 0.1) is 5.75 Å². The zero-order valence-electron chi connectivity index (χ0n) is 8.51. The Bertz CT molecular complexity index is 651. The van der Waals surface area contributed by atoms with Crippen molar-refractivity contribution < 1.29 is 26.3 Å². The van der Waals surface area contributed by atoms with Crippen LogP contribution in [0.3, 0.4) is 0 Å². The molecule has 0 aliphatic carbocycles. The van der Waals surface area contributed by atoms with Crippen molar-refractivity contribution in [2.75, 3.05) is 6.26 Å². The third kappa shape index (κ3) is 3.55. The van der Waals surface area contributed by atoms with Gasteiger partial charge in [0.25, 0.3) is 0 Å². The summed E-state index contributed by atoms with van der Waals surface area (Å²) in [6, 6.07) is 1.86. The molecule has 0 saturated carbocycles. The van der Waals surface area contributed by atoms with Gasteiger partial charge in [0.2, 0.25) is 9.05 Å². The van der Waals surface area contributed by atoms with E-state index in [0.29, 0.717) is 6.26 Å². The topological polar surface area (TPSA) is 88.5 Å². The molecule has 1 aromatic rings. The molecule has 0 heterocycles. The van der Waals surface area contributed by atoms with Gasteiger partial charge in [-0.1, -0.05) is 6.07 Å². The number of phenolic OH excluding ortho intramolecular Hbond substituents is 1. The molecule has 0 atom stereocenters. The fourth-order valence-corrected chi connectivity index (χ4v) is 3.09. The largest absolute Gasteiger partial charge is 0.506 e. The number of phenols is 1. The van der Waals surface area contributed by atoms with E-state index in [0.717, 1.165) is 12.1 Å². The molecule has 0 unspecified atom stereocenters. The second kappa shape index (κ2) is 4.43. The van der Waals surface area contributed by atoms with Gasteiger partial charge in [0.15, 0.2) is 9.84 Å². The van der Waals surface area contributed by atoms with Crippen LogP contribution >= 0.6 is 10.7 Å². The van der Waals surface area contributed by atoms with Crippen LogP contribution in [0, 0.1) is 5.82 Å². The summed E-state index contributed by atoms with van der Waals surface area (Å²) in [5.41, 5.74) is -0.418. The number of benzene rings is 1. The zero-order chi connectivity index (χ0) is 13.4. The molecule has 1 aromatic carbocycles. The van der Waals surface area contributed by atoms with Crippen molar-refractivity contribution in [2.24, 2.45) is 0 Å². The average Bonchev–Trinajstić information content (AvgIpc) is 2.06. The van der Waals surface area contributed by atoms with Crippen LogP contribution in [-0.2, 0) is 24.6 Å². The minimum absolute atomic E-state index is 0.418. The van der Waals surface area contributed by atoms with E-state index >= 15 is 0 Å². The molecule has 0 amide bonds. The Morgan fingerprint density at radius 1 is 1.29 bits per heavy atom. The zero-order valence-corrected chi connectivity index (χ0v) is 10.9. The molecular weight excluding hydrogens is 295 g/mol. The molecule has 0 radical (unpaired) electrons. The van der Waals surface area contributed by atoms with Crippen molar-refractivity contribution >= 4 is 29.6 Å². The van der Waals surface area contributed by atoms with Crippen LogP contribution in [0.15, 0.2) is 17.0 Å². The molecule has 0 aromatic heterocycles. The number of rotatable bonds is 3. The Hall–Kier alpha value is -0.860. The van der Waals surface area contributed by atoms with Gasteiger partial charge in [-0.3, -0.25) is 0 Å². The number of sulfone groups is 1. The van der Waals surface area contributed by atoms with E-state index in [1.54, 1.807) is 0 Å². The van der Waals surface area contributed by atoms with Crippen molar-refractivity contribution in [1.29, 1.82) is 0 Å². The van der Waals surface area contributed by atoms with Gasteiger partial charge in [0.1, 0.15) is 16.5 Å². The SMILES string of the molecule is CS(=O)(=O)c1c(O)ccc(CS(=O)(=O)Cl)c1F. The van der Waals surface area contributed by atoms with Gasteiger partial charge < -0.3 is 5.11 Å². The lowest BCUT2D eigenvalue weighted by Crippen LogP contribution is -2.06. The summed E-state index contributed by atoms with van der Waals surface area (Å²) in [4.78, 5) is -0.935. The van der Waals surface area contributed by atoms with Gasteiger partial charge in [-0.05, 0) is 6.07 Å². The summed E-state index contributed by atoms with van der Waals surface area (Å²) >= 11 is 0. The average molecular weight is 303 g/mol. The van der Waals surface area contributed by atoms with Crippen LogP contribution in [0.4, 0.5) is 4.39 Å². The quantitative estimate of drug-likeness (QED) is 0.842. The fourth-order valence-electron chi connectivity index (χ4n) is 1.24. The highest BCUT2D eigenvalue weighted by atomic mass is 35.7. The van der Waals surface area contributed by atoms with Crippen molar-refractivity contribution in [2.45, 2.75) is 10.6 Å². The maximum absolute atomic E-state index is 13.7. The third-order valence-corrected chi connectivity index (χ3v) is 3.97. The van der Waals surface area contributed by atoms with E-state index in [1.165, 1.54) is 0 Å². The predicted molar refractivity (Wildman–Crippen MR) is 59.7 cm³/mol. The van der Waals surface area contributed by atoms with E-state index < -0.39 is 46.7 Å². The highest BCUT2D eigenvalue weighted by molar-refractivity contribution is 8.13. The first-order valence-electron chi connectivity index (χ1n) is 4.15. The molecule has 1 rings (SSSR count). The Morgan fingerprint density at radius 3 is 2.24 bits per heavy atom. The lowest BCUT2D eigenvalue weighted by atomic mass is 10.2. The van der Waals surface area contributed by atoms with Crippen molar-refractivity contribution in [3.8, 4) is 5.75 Å². The maximum Gasteiger partial charge on any atom is 0.236 e. The van der Waals surface area contributed by atoms with Crippen LogP contribution in [0.1, 0.15) is 5.56 Å². The number of hydrogen-bond acceptors (Lipinski definition) is 5. The van der Waals surface area contributed by atoms with Gasteiger partial charge in [-0.15, -0.1) is 0 Å². The summed E-state index contributed by atoms with van der Waals surface area (Å²) in [6.07, 6.45) is 0.699. The first kappa shape index (κ1) is 14.2. The Balaban J connectivity index is 3.50. The highest BCUT2D eigenvalue weighted by Gasteiger charge is 2.23. The lowest BCUT2D eigenvalue weighted by Gasteiger charge is -2.07. The minimum atomic E-state index is -4.02. The van der Waals surface area contributed by atoms with Crippen LogP contribution in [-0.4, -0.2) is 28.2 Å². The monoisotopic (exact) mass is 302 g/mol. The van der Waals surface area contributed by atoms with Gasteiger partial charge in [-0.2, -0.15) is 0 Å². The van der Waals surface area contributed by atoms with E-state index in [4.69, 9.17) is 10.7 Å². The normalized spacial score (nSPS) is 12.6. The molecule has 0 aliphatic heterocycles. The standard InChI is InChI=1S/C8H8ClFO5S2/c1-16(12,13)8-6(11)3-2-5(7(8)10)4-17(9,14)15/h2-3,11H,4H2,1H3. The second-order valence-electron chi connectivity index (χ2n) is 3.34. The first-order chi connectivity index (χ1) is 7.52. The van der Waals surface area contributed by atoms with Gasteiger partial charge in [-0.25, -0.2) is 21.2 Å². The van der Waals surface area contributed by atoms with Crippen molar-refractivity contribution in [3.63, 3.8) is 0 Å². The van der Waals surface area contributed by atoms with E-state index in [2.05, 4.69) is 0 Å². The Morgan fingerprint density at radius 2 is 1.82 bits per heavy atom. The predicted octanol–water partition coefficient (Wildman–Crippen LogP) is 1.00. The number of hydrogen-bond donors (Lipinski definition) is 1. The molecule has 0 saturated heterocycles. The molecule has 0 bridgehead atoms. The van der Waals surface area contributed by atoms with Crippen LogP contribution < -0.4 is 0 Å². The number of aromatic hydroxyl groups is 1. The summed E-state index contributed by atoms with van der Waals surface area (Å²) in [6.45, 7) is 0. The summed E-state index contributed by atoms with van der Waals surface area (Å²) < 4.78 is 57.7. The van der Waals surface area contributed by atoms with Crippen LogP contribution in [0.5, 0.6) is 5.75 Å². The smallest absolute Gasteiger partial charge is 0.236 e. The highest BCUT2D eigenvalue weighted by Crippen LogP contribution is 2.29. The third-order valence-electron chi connectivity index (χ3n) is 1.86.